The number of carbonyl (C=O) groups is 1. The van der Waals surface area contributed by atoms with Crippen molar-refractivity contribution in [3.05, 3.63) is 35.9 Å². The van der Waals surface area contributed by atoms with Gasteiger partial charge in [-0.1, -0.05) is 44.2 Å². The van der Waals surface area contributed by atoms with E-state index in [1.807, 2.05) is 18.2 Å². The molecule has 0 bridgehead atoms. The first-order chi connectivity index (χ1) is 8.13. The van der Waals surface area contributed by atoms with Crippen LogP contribution in [0.2, 0.25) is 0 Å². The third-order valence-electron chi connectivity index (χ3n) is 3.15. The predicted molar refractivity (Wildman–Crippen MR) is 67.6 cm³/mol. The van der Waals surface area contributed by atoms with E-state index in [4.69, 9.17) is 5.21 Å². The summed E-state index contributed by atoms with van der Waals surface area (Å²) in [5, 5.41) is 8.48. The average molecular weight is 235 g/mol. The monoisotopic (exact) mass is 235 g/mol. The molecule has 0 spiro atoms. The second-order valence-corrected chi connectivity index (χ2v) is 4.77. The minimum absolute atomic E-state index is 0.302. The first kappa shape index (κ1) is 13.7. The Kier molecular flexibility index (Phi) is 5.70. The quantitative estimate of drug-likeness (QED) is 0.588. The number of nitrogens with one attached hydrogen (secondary N) is 1. The summed E-state index contributed by atoms with van der Waals surface area (Å²) in [4.78, 5) is 11.0. The Morgan fingerprint density at radius 3 is 2.47 bits per heavy atom. The topological polar surface area (TPSA) is 49.3 Å². The first-order valence-electron chi connectivity index (χ1n) is 6.10. The van der Waals surface area contributed by atoms with Crippen molar-refractivity contribution in [2.75, 3.05) is 0 Å². The maximum Gasteiger partial charge on any atom is 0.243 e. The molecule has 0 saturated heterocycles. The number of rotatable bonds is 6. The van der Waals surface area contributed by atoms with Crippen molar-refractivity contribution in [2.24, 2.45) is 11.8 Å². The third kappa shape index (κ3) is 5.00. The smallest absolute Gasteiger partial charge is 0.243 e. The van der Waals surface area contributed by atoms with Gasteiger partial charge in [0, 0.05) is 6.42 Å². The summed E-state index contributed by atoms with van der Waals surface area (Å²) in [5.41, 5.74) is 2.99. The number of hydroxylamine groups is 1. The average Bonchev–Trinajstić information content (AvgIpc) is 2.34. The highest BCUT2D eigenvalue weighted by Gasteiger charge is 2.15. The molecule has 0 saturated carbocycles. The van der Waals surface area contributed by atoms with Gasteiger partial charge in [0.05, 0.1) is 0 Å². The highest BCUT2D eigenvalue weighted by atomic mass is 16.5. The molecule has 3 heteroatoms. The number of amides is 1. The maximum absolute atomic E-state index is 11.0. The van der Waals surface area contributed by atoms with Gasteiger partial charge in [-0.15, -0.1) is 0 Å². The van der Waals surface area contributed by atoms with Crippen LogP contribution >= 0.6 is 0 Å². The van der Waals surface area contributed by atoms with Crippen LogP contribution in [0.5, 0.6) is 0 Å². The van der Waals surface area contributed by atoms with Gasteiger partial charge < -0.3 is 0 Å². The summed E-state index contributed by atoms with van der Waals surface area (Å²) in [6.45, 7) is 4.34. The van der Waals surface area contributed by atoms with Gasteiger partial charge in [0.1, 0.15) is 0 Å². The first-order valence-corrected chi connectivity index (χ1v) is 6.10. The molecule has 2 N–H and O–H groups in total. The van der Waals surface area contributed by atoms with Gasteiger partial charge in [0.2, 0.25) is 5.91 Å². The lowest BCUT2D eigenvalue weighted by atomic mass is 9.85. The number of hydrogen-bond donors (Lipinski definition) is 2. The Balaban J connectivity index is 2.52. The van der Waals surface area contributed by atoms with Crippen LogP contribution in [-0.4, -0.2) is 11.1 Å². The van der Waals surface area contributed by atoms with Crippen LogP contribution in [0.3, 0.4) is 0 Å². The fourth-order valence-corrected chi connectivity index (χ4v) is 1.96. The lowest BCUT2D eigenvalue weighted by molar-refractivity contribution is -0.129. The Morgan fingerprint density at radius 1 is 1.29 bits per heavy atom. The van der Waals surface area contributed by atoms with Crippen molar-refractivity contribution in [1.82, 2.24) is 5.48 Å². The van der Waals surface area contributed by atoms with Crippen molar-refractivity contribution < 1.29 is 10.0 Å². The molecule has 0 radical (unpaired) electrons. The van der Waals surface area contributed by atoms with E-state index in [1.165, 1.54) is 5.56 Å². The van der Waals surface area contributed by atoms with Crippen LogP contribution in [0.4, 0.5) is 0 Å². The lowest BCUT2D eigenvalue weighted by Crippen LogP contribution is -2.21. The molecule has 1 amide bonds. The molecule has 1 rings (SSSR count). The molecule has 1 aromatic carbocycles. The van der Waals surface area contributed by atoms with Crippen LogP contribution in [0.15, 0.2) is 30.3 Å². The predicted octanol–water partition coefficient (Wildman–Crippen LogP) is 2.79. The summed E-state index contributed by atoms with van der Waals surface area (Å²) in [7, 11) is 0. The second kappa shape index (κ2) is 7.07. The summed E-state index contributed by atoms with van der Waals surface area (Å²) in [6, 6.07) is 10.3. The van der Waals surface area contributed by atoms with E-state index in [0.29, 0.717) is 18.3 Å². The van der Waals surface area contributed by atoms with Crippen molar-refractivity contribution in [1.29, 1.82) is 0 Å². The molecule has 0 fully saturated rings. The standard InChI is InChI=1S/C14H21NO2/c1-11(2)13(8-9-14(16)15-17)10-12-6-4-3-5-7-12/h3-7,11,13,17H,8-10H2,1-2H3,(H,15,16). The molecule has 1 atom stereocenters. The van der Waals surface area contributed by atoms with E-state index in [1.54, 1.807) is 5.48 Å². The van der Waals surface area contributed by atoms with E-state index in [-0.39, 0.29) is 5.91 Å². The Labute approximate surface area is 103 Å². The van der Waals surface area contributed by atoms with E-state index in [2.05, 4.69) is 26.0 Å². The highest BCUT2D eigenvalue weighted by Crippen LogP contribution is 2.22. The molecular weight excluding hydrogens is 214 g/mol. The van der Waals surface area contributed by atoms with Crippen LogP contribution in [0.25, 0.3) is 0 Å². The normalized spacial score (nSPS) is 12.5. The van der Waals surface area contributed by atoms with E-state index >= 15 is 0 Å². The van der Waals surface area contributed by atoms with Gasteiger partial charge in [-0.3, -0.25) is 10.0 Å². The van der Waals surface area contributed by atoms with Gasteiger partial charge in [-0.05, 0) is 30.2 Å². The van der Waals surface area contributed by atoms with Gasteiger partial charge in [0.15, 0.2) is 0 Å². The minimum atomic E-state index is -0.302. The van der Waals surface area contributed by atoms with Crippen molar-refractivity contribution in [2.45, 2.75) is 33.1 Å². The van der Waals surface area contributed by atoms with Gasteiger partial charge >= 0.3 is 0 Å². The molecule has 94 valence electrons. The van der Waals surface area contributed by atoms with Crippen molar-refractivity contribution >= 4 is 5.91 Å². The zero-order valence-electron chi connectivity index (χ0n) is 10.5. The number of carbonyl (C=O) groups excluding carboxylic acids is 1. The van der Waals surface area contributed by atoms with Crippen LogP contribution in [-0.2, 0) is 11.2 Å². The molecule has 1 aromatic rings. The van der Waals surface area contributed by atoms with Crippen molar-refractivity contribution in [3.8, 4) is 0 Å². The Hall–Kier alpha value is -1.35. The van der Waals surface area contributed by atoms with Crippen molar-refractivity contribution in [3.63, 3.8) is 0 Å². The Bertz CT molecular complexity index is 335. The van der Waals surface area contributed by atoms with Gasteiger partial charge in [0.25, 0.3) is 0 Å². The molecule has 0 aliphatic carbocycles. The summed E-state index contributed by atoms with van der Waals surface area (Å²) < 4.78 is 0. The van der Waals surface area contributed by atoms with Crippen LogP contribution in [0.1, 0.15) is 32.3 Å². The molecule has 0 aliphatic heterocycles. The molecule has 3 nitrogen and oxygen atoms in total. The lowest BCUT2D eigenvalue weighted by Gasteiger charge is -2.20. The fourth-order valence-electron chi connectivity index (χ4n) is 1.96. The maximum atomic E-state index is 11.0. The number of benzene rings is 1. The Morgan fingerprint density at radius 2 is 1.94 bits per heavy atom. The molecule has 1 unspecified atom stereocenters. The van der Waals surface area contributed by atoms with Gasteiger partial charge in [-0.25, -0.2) is 5.48 Å². The van der Waals surface area contributed by atoms with E-state index in [0.717, 1.165) is 12.8 Å². The van der Waals surface area contributed by atoms with Gasteiger partial charge in [-0.2, -0.15) is 0 Å². The fraction of sp³-hybridized carbons (Fsp3) is 0.500. The SMILES string of the molecule is CC(C)C(CCC(=O)NO)Cc1ccccc1. The van der Waals surface area contributed by atoms with E-state index in [9.17, 15) is 4.79 Å². The number of hydrogen-bond acceptors (Lipinski definition) is 2. The molecule has 17 heavy (non-hydrogen) atoms. The third-order valence-corrected chi connectivity index (χ3v) is 3.15. The molecule has 0 heterocycles. The minimum Gasteiger partial charge on any atom is -0.289 e. The zero-order valence-corrected chi connectivity index (χ0v) is 10.5. The zero-order chi connectivity index (χ0) is 12.7. The molecule has 0 aliphatic rings. The largest absolute Gasteiger partial charge is 0.289 e. The molecule has 0 aromatic heterocycles. The molecular formula is C14H21NO2. The second-order valence-electron chi connectivity index (χ2n) is 4.77. The summed E-state index contributed by atoms with van der Waals surface area (Å²) >= 11 is 0. The van der Waals surface area contributed by atoms with Crippen LogP contribution < -0.4 is 5.48 Å². The van der Waals surface area contributed by atoms with E-state index < -0.39 is 0 Å². The van der Waals surface area contributed by atoms with Crippen LogP contribution in [0, 0.1) is 11.8 Å². The highest BCUT2D eigenvalue weighted by molar-refractivity contribution is 5.74. The summed E-state index contributed by atoms with van der Waals surface area (Å²) in [6.07, 6.45) is 2.17. The summed E-state index contributed by atoms with van der Waals surface area (Å²) in [5.74, 6) is 0.695.